The highest BCUT2D eigenvalue weighted by Gasteiger charge is 2.19. The molecule has 90 valence electrons. The van der Waals surface area contributed by atoms with E-state index >= 15 is 0 Å². The van der Waals surface area contributed by atoms with Crippen LogP contribution >= 0.6 is 0 Å². The molecule has 1 fully saturated rings. The van der Waals surface area contributed by atoms with E-state index in [-0.39, 0.29) is 0 Å². The Bertz CT molecular complexity index is 143. The van der Waals surface area contributed by atoms with Crippen molar-refractivity contribution in [2.24, 2.45) is 0 Å². The largest absolute Gasteiger partial charge is 0.378 e. The number of nitrogens with one attached hydrogen (secondary N) is 1. The summed E-state index contributed by atoms with van der Waals surface area (Å²) in [5.41, 5.74) is 0. The van der Waals surface area contributed by atoms with Crippen LogP contribution in [0.5, 0.6) is 0 Å². The lowest BCUT2D eigenvalue weighted by Crippen LogP contribution is -2.29. The predicted molar refractivity (Wildman–Crippen MR) is 65.2 cm³/mol. The van der Waals surface area contributed by atoms with E-state index < -0.39 is 0 Å². The molecule has 0 bridgehead atoms. The molecule has 0 aromatic heterocycles. The van der Waals surface area contributed by atoms with Gasteiger partial charge in [-0.15, -0.1) is 0 Å². The van der Waals surface area contributed by atoms with Crippen molar-refractivity contribution in [3.63, 3.8) is 0 Å². The monoisotopic (exact) mass is 213 g/mol. The Morgan fingerprint density at radius 2 is 2.20 bits per heavy atom. The number of unbranched alkanes of at least 4 members (excludes halogenated alkanes) is 3. The summed E-state index contributed by atoms with van der Waals surface area (Å²) < 4.78 is 5.67. The molecule has 15 heavy (non-hydrogen) atoms. The quantitative estimate of drug-likeness (QED) is 0.626. The third kappa shape index (κ3) is 5.53. The highest BCUT2D eigenvalue weighted by Crippen LogP contribution is 2.19. The van der Waals surface area contributed by atoms with Gasteiger partial charge in [-0.1, -0.05) is 32.6 Å². The molecule has 0 amide bonds. The first kappa shape index (κ1) is 13.0. The van der Waals surface area contributed by atoms with Crippen molar-refractivity contribution in [2.75, 3.05) is 13.7 Å². The van der Waals surface area contributed by atoms with Gasteiger partial charge in [0, 0.05) is 12.6 Å². The Kier molecular flexibility index (Phi) is 7.03. The molecule has 1 heterocycles. The molecule has 0 aromatic rings. The van der Waals surface area contributed by atoms with Gasteiger partial charge in [-0.05, 0) is 32.7 Å². The zero-order valence-corrected chi connectivity index (χ0v) is 10.4. The van der Waals surface area contributed by atoms with Crippen molar-refractivity contribution >= 4 is 0 Å². The molecule has 1 N–H and O–H groups in total. The molecule has 0 radical (unpaired) electrons. The molecule has 0 spiro atoms. The van der Waals surface area contributed by atoms with Crippen LogP contribution in [0.15, 0.2) is 0 Å². The summed E-state index contributed by atoms with van der Waals surface area (Å²) in [4.78, 5) is 0. The van der Waals surface area contributed by atoms with Crippen LogP contribution < -0.4 is 5.32 Å². The van der Waals surface area contributed by atoms with Crippen LogP contribution in [-0.4, -0.2) is 25.8 Å². The van der Waals surface area contributed by atoms with Crippen LogP contribution in [0.4, 0.5) is 0 Å². The highest BCUT2D eigenvalue weighted by molar-refractivity contribution is 4.74. The zero-order valence-electron chi connectivity index (χ0n) is 10.4. The predicted octanol–water partition coefficient (Wildman–Crippen LogP) is 3.11. The maximum atomic E-state index is 5.67. The van der Waals surface area contributed by atoms with Crippen LogP contribution in [0.1, 0.15) is 58.3 Å². The average molecular weight is 213 g/mol. The van der Waals surface area contributed by atoms with Crippen molar-refractivity contribution < 1.29 is 4.74 Å². The Morgan fingerprint density at radius 1 is 1.33 bits per heavy atom. The minimum atomic E-state index is 0.536. The molecule has 2 atom stereocenters. The molecule has 2 unspecified atom stereocenters. The van der Waals surface area contributed by atoms with Gasteiger partial charge >= 0.3 is 0 Å². The summed E-state index contributed by atoms with van der Waals surface area (Å²) in [6.07, 6.45) is 11.1. The Labute approximate surface area is 94.8 Å². The van der Waals surface area contributed by atoms with Crippen molar-refractivity contribution in [1.82, 2.24) is 5.32 Å². The van der Waals surface area contributed by atoms with E-state index in [0.29, 0.717) is 12.1 Å². The fourth-order valence-corrected chi connectivity index (χ4v) is 2.35. The second-order valence-corrected chi connectivity index (χ2v) is 4.71. The van der Waals surface area contributed by atoms with E-state index in [4.69, 9.17) is 4.74 Å². The molecule has 1 saturated heterocycles. The molecule has 2 nitrogen and oxygen atoms in total. The summed E-state index contributed by atoms with van der Waals surface area (Å²) >= 11 is 0. The van der Waals surface area contributed by atoms with Gasteiger partial charge in [-0.25, -0.2) is 0 Å². The summed E-state index contributed by atoms with van der Waals surface area (Å²) in [5.74, 6) is 0. The van der Waals surface area contributed by atoms with Gasteiger partial charge in [0.1, 0.15) is 0 Å². The third-order valence-electron chi connectivity index (χ3n) is 3.39. The first-order valence-electron chi connectivity index (χ1n) is 6.65. The van der Waals surface area contributed by atoms with Gasteiger partial charge in [0.15, 0.2) is 0 Å². The van der Waals surface area contributed by atoms with Gasteiger partial charge in [-0.2, -0.15) is 0 Å². The Hall–Kier alpha value is -0.0800. The van der Waals surface area contributed by atoms with Crippen LogP contribution in [-0.2, 0) is 4.74 Å². The van der Waals surface area contributed by atoms with Crippen molar-refractivity contribution in [1.29, 1.82) is 0 Å². The lowest BCUT2D eigenvalue weighted by atomic mass is 10.0. The van der Waals surface area contributed by atoms with Gasteiger partial charge in [0.25, 0.3) is 0 Å². The normalized spacial score (nSPS) is 23.2. The van der Waals surface area contributed by atoms with Crippen LogP contribution in [0.2, 0.25) is 0 Å². The van der Waals surface area contributed by atoms with Gasteiger partial charge in [0.2, 0.25) is 0 Å². The lowest BCUT2D eigenvalue weighted by molar-refractivity contribution is 0.0941. The number of rotatable bonds is 8. The fraction of sp³-hybridized carbons (Fsp3) is 1.00. The maximum absolute atomic E-state index is 5.67. The fourth-order valence-electron chi connectivity index (χ4n) is 2.35. The molecule has 1 aliphatic heterocycles. The van der Waals surface area contributed by atoms with Crippen LogP contribution in [0, 0.1) is 0 Å². The number of ether oxygens (including phenoxy) is 1. The minimum Gasteiger partial charge on any atom is -0.378 e. The van der Waals surface area contributed by atoms with E-state index in [1.54, 1.807) is 0 Å². The zero-order chi connectivity index (χ0) is 10.9. The molecule has 0 aliphatic carbocycles. The first-order chi connectivity index (χ1) is 7.36. The summed E-state index contributed by atoms with van der Waals surface area (Å²) in [5, 5.41) is 3.43. The van der Waals surface area contributed by atoms with Crippen molar-refractivity contribution in [2.45, 2.75) is 70.4 Å². The van der Waals surface area contributed by atoms with Crippen LogP contribution in [0.25, 0.3) is 0 Å². The van der Waals surface area contributed by atoms with Gasteiger partial charge in [0.05, 0.1) is 6.10 Å². The Morgan fingerprint density at radius 3 is 2.80 bits per heavy atom. The summed E-state index contributed by atoms with van der Waals surface area (Å²) in [6, 6.07) is 0.671. The van der Waals surface area contributed by atoms with Crippen molar-refractivity contribution in [3.05, 3.63) is 0 Å². The van der Waals surface area contributed by atoms with Gasteiger partial charge < -0.3 is 10.1 Å². The molecular weight excluding hydrogens is 186 g/mol. The first-order valence-corrected chi connectivity index (χ1v) is 6.65. The molecule has 1 aliphatic rings. The summed E-state index contributed by atoms with van der Waals surface area (Å²) in [7, 11) is 2.08. The second kappa shape index (κ2) is 8.12. The van der Waals surface area contributed by atoms with Crippen molar-refractivity contribution in [3.8, 4) is 0 Å². The third-order valence-corrected chi connectivity index (χ3v) is 3.39. The van der Waals surface area contributed by atoms with Gasteiger partial charge in [-0.3, -0.25) is 0 Å². The smallest absolute Gasteiger partial charge is 0.0590 e. The number of hydrogen-bond donors (Lipinski definition) is 1. The van der Waals surface area contributed by atoms with E-state index in [9.17, 15) is 0 Å². The van der Waals surface area contributed by atoms with E-state index in [0.717, 1.165) is 6.61 Å². The Balaban J connectivity index is 2.06. The second-order valence-electron chi connectivity index (χ2n) is 4.71. The molecule has 0 saturated carbocycles. The molecule has 2 heteroatoms. The van der Waals surface area contributed by atoms with E-state index in [1.807, 2.05) is 0 Å². The maximum Gasteiger partial charge on any atom is 0.0590 e. The molecule has 0 aromatic carbocycles. The van der Waals surface area contributed by atoms with E-state index in [2.05, 4.69) is 19.3 Å². The van der Waals surface area contributed by atoms with E-state index in [1.165, 1.54) is 51.4 Å². The standard InChI is InChI=1S/C13H27NO/c1-3-4-5-6-8-12(14-2)11-13-9-7-10-15-13/h12-14H,3-11H2,1-2H3. The minimum absolute atomic E-state index is 0.536. The molecular formula is C13H27NO. The molecule has 1 rings (SSSR count). The van der Waals surface area contributed by atoms with Crippen LogP contribution in [0.3, 0.4) is 0 Å². The highest BCUT2D eigenvalue weighted by atomic mass is 16.5. The summed E-state index contributed by atoms with van der Waals surface area (Å²) in [6.45, 7) is 3.25. The SMILES string of the molecule is CCCCCCC(CC1CCCO1)NC. The lowest BCUT2D eigenvalue weighted by Gasteiger charge is -2.19. The topological polar surface area (TPSA) is 21.3 Å². The average Bonchev–Trinajstić information content (AvgIpc) is 2.75. The number of hydrogen-bond acceptors (Lipinski definition) is 2.